The number of hydrogen-bond donors (Lipinski definition) is 0. The predicted octanol–water partition coefficient (Wildman–Crippen LogP) is 5.58. The number of cyclic esters (lactones) is 1. The molecule has 8 nitrogen and oxygen atoms in total. The molecule has 1 aliphatic heterocycles. The van der Waals surface area contributed by atoms with Crippen molar-refractivity contribution in [3.8, 4) is 11.5 Å². The fraction of sp³-hybridized carbons (Fsp3) is 0.120. The van der Waals surface area contributed by atoms with E-state index in [9.17, 15) is 19.3 Å². The van der Waals surface area contributed by atoms with Crippen molar-refractivity contribution in [1.82, 2.24) is 0 Å². The summed E-state index contributed by atoms with van der Waals surface area (Å²) in [6.45, 7) is 1.58. The first kappa shape index (κ1) is 24.3. The number of nitro benzene ring substituents is 1. The van der Waals surface area contributed by atoms with E-state index >= 15 is 0 Å². The van der Waals surface area contributed by atoms with Crippen LogP contribution in [-0.4, -0.2) is 23.9 Å². The number of carbonyl (C=O) groups is 1. The third-order valence-corrected chi connectivity index (χ3v) is 6.04. The Balaban J connectivity index is 1.63. The summed E-state index contributed by atoms with van der Waals surface area (Å²) in [5.41, 5.74) is 1.64. The van der Waals surface area contributed by atoms with Gasteiger partial charge in [-0.15, -0.1) is 0 Å². The Bertz CT molecular complexity index is 1400. The lowest BCUT2D eigenvalue weighted by molar-refractivity contribution is -0.385. The molecule has 3 aromatic carbocycles. The number of carbonyl (C=O) groups excluding carboxylic acids is 1. The Morgan fingerprint density at radius 3 is 2.69 bits per heavy atom. The first-order valence-electron chi connectivity index (χ1n) is 10.3. The number of benzene rings is 3. The van der Waals surface area contributed by atoms with Gasteiger partial charge in [0.25, 0.3) is 5.69 Å². The minimum atomic E-state index is -0.681. The molecule has 0 fully saturated rings. The molecule has 3 aromatic rings. The van der Waals surface area contributed by atoms with E-state index in [0.717, 1.165) is 0 Å². The fourth-order valence-corrected chi connectivity index (χ4v) is 4.24. The molecule has 1 heterocycles. The quantitative estimate of drug-likeness (QED) is 0.118. The van der Waals surface area contributed by atoms with Crippen LogP contribution >= 0.6 is 22.6 Å². The van der Waals surface area contributed by atoms with Crippen molar-refractivity contribution in [2.45, 2.75) is 13.5 Å². The summed E-state index contributed by atoms with van der Waals surface area (Å²) in [5.74, 6) is -0.224. The summed E-state index contributed by atoms with van der Waals surface area (Å²) in [4.78, 5) is 27.4. The number of nitro groups is 1. The number of methoxy groups -OCH3 is 1. The lowest BCUT2D eigenvalue weighted by Gasteiger charge is -2.14. The van der Waals surface area contributed by atoms with E-state index in [4.69, 9.17) is 14.2 Å². The van der Waals surface area contributed by atoms with Crippen molar-refractivity contribution < 1.29 is 28.3 Å². The van der Waals surface area contributed by atoms with E-state index in [1.807, 2.05) is 0 Å². The van der Waals surface area contributed by atoms with Crippen molar-refractivity contribution in [1.29, 1.82) is 0 Å². The van der Waals surface area contributed by atoms with Gasteiger partial charge in [0.2, 0.25) is 5.90 Å². The topological polar surface area (TPSA) is 100 Å². The zero-order valence-corrected chi connectivity index (χ0v) is 20.7. The molecule has 0 aliphatic carbocycles. The zero-order valence-electron chi connectivity index (χ0n) is 18.6. The third kappa shape index (κ3) is 5.16. The molecule has 0 amide bonds. The van der Waals surface area contributed by atoms with E-state index in [1.165, 1.54) is 31.4 Å². The van der Waals surface area contributed by atoms with Gasteiger partial charge in [-0.25, -0.2) is 14.2 Å². The van der Waals surface area contributed by atoms with Gasteiger partial charge in [0.15, 0.2) is 17.2 Å². The van der Waals surface area contributed by atoms with E-state index in [2.05, 4.69) is 27.6 Å². The lowest BCUT2D eigenvalue weighted by Crippen LogP contribution is -2.08. The average molecular weight is 588 g/mol. The van der Waals surface area contributed by atoms with Gasteiger partial charge >= 0.3 is 5.97 Å². The van der Waals surface area contributed by atoms with Crippen LogP contribution in [0.4, 0.5) is 10.1 Å². The number of ether oxygens (including phenoxy) is 3. The molecule has 0 N–H and O–H groups in total. The Morgan fingerprint density at radius 1 is 1.20 bits per heavy atom. The van der Waals surface area contributed by atoms with Crippen LogP contribution in [0.2, 0.25) is 0 Å². The van der Waals surface area contributed by atoms with Crippen LogP contribution < -0.4 is 9.47 Å². The van der Waals surface area contributed by atoms with Crippen LogP contribution in [0.3, 0.4) is 0 Å². The summed E-state index contributed by atoms with van der Waals surface area (Å²) in [6, 6.07) is 14.2. The molecular weight excluding hydrogens is 570 g/mol. The first-order chi connectivity index (χ1) is 16.8. The molecule has 0 saturated carbocycles. The van der Waals surface area contributed by atoms with Gasteiger partial charge in [0.05, 0.1) is 15.6 Å². The van der Waals surface area contributed by atoms with Crippen LogP contribution in [0, 0.1) is 26.4 Å². The second kappa shape index (κ2) is 10.2. The average Bonchev–Trinajstić information content (AvgIpc) is 3.18. The highest BCUT2D eigenvalue weighted by atomic mass is 127. The van der Waals surface area contributed by atoms with E-state index in [0.29, 0.717) is 37.3 Å². The number of aliphatic imine (C=N–C) groups is 1. The molecule has 0 bridgehead atoms. The highest BCUT2D eigenvalue weighted by Gasteiger charge is 2.27. The van der Waals surface area contributed by atoms with Crippen LogP contribution in [-0.2, 0) is 16.1 Å². The fourth-order valence-electron chi connectivity index (χ4n) is 3.46. The predicted molar refractivity (Wildman–Crippen MR) is 135 cm³/mol. The van der Waals surface area contributed by atoms with Crippen molar-refractivity contribution in [2.75, 3.05) is 7.11 Å². The second-order valence-electron chi connectivity index (χ2n) is 7.46. The first-order valence-corrected chi connectivity index (χ1v) is 11.4. The summed E-state index contributed by atoms with van der Waals surface area (Å²) >= 11 is 2.06. The smallest absolute Gasteiger partial charge is 0.363 e. The normalized spacial score (nSPS) is 14.0. The SMILES string of the molecule is COc1cc(/C=C2\N=C(c3cccc([N+](=O)[O-])c3C)OC2=O)cc(I)c1OCc1ccccc1F. The molecular formula is C25H18FIN2O6. The lowest BCUT2D eigenvalue weighted by atomic mass is 10.1. The number of nitrogens with zero attached hydrogens (tertiary/aromatic N) is 2. The molecule has 0 saturated heterocycles. The molecule has 0 spiro atoms. The van der Waals surface area contributed by atoms with Crippen molar-refractivity contribution >= 4 is 46.2 Å². The molecule has 0 radical (unpaired) electrons. The largest absolute Gasteiger partial charge is 0.493 e. The highest BCUT2D eigenvalue weighted by Crippen LogP contribution is 2.36. The minimum absolute atomic E-state index is 0.00560. The van der Waals surface area contributed by atoms with Gasteiger partial charge in [-0.3, -0.25) is 10.1 Å². The number of halogens is 2. The van der Waals surface area contributed by atoms with Crippen LogP contribution in [0.1, 0.15) is 22.3 Å². The summed E-state index contributed by atoms with van der Waals surface area (Å²) in [5, 5.41) is 11.2. The van der Waals surface area contributed by atoms with Crippen LogP contribution in [0.15, 0.2) is 65.3 Å². The highest BCUT2D eigenvalue weighted by molar-refractivity contribution is 14.1. The molecule has 0 aromatic heterocycles. The summed E-state index contributed by atoms with van der Waals surface area (Å²) < 4.78 is 31.2. The van der Waals surface area contributed by atoms with Gasteiger partial charge < -0.3 is 14.2 Å². The standard InChI is InChI=1S/C25H18FIN2O6/c1-14-17(7-5-9-21(14)29(31)32)24-28-20(25(30)35-24)11-15-10-19(27)23(22(12-15)33-2)34-13-16-6-3-4-8-18(16)26/h3-12H,13H2,1-2H3/b20-11-. The molecule has 178 valence electrons. The molecule has 35 heavy (non-hydrogen) atoms. The molecule has 0 atom stereocenters. The third-order valence-electron chi connectivity index (χ3n) is 5.24. The van der Waals surface area contributed by atoms with Gasteiger partial charge in [0, 0.05) is 22.8 Å². The monoisotopic (exact) mass is 588 g/mol. The van der Waals surface area contributed by atoms with Crippen molar-refractivity contribution in [2.24, 2.45) is 4.99 Å². The minimum Gasteiger partial charge on any atom is -0.493 e. The van der Waals surface area contributed by atoms with Gasteiger partial charge in [-0.1, -0.05) is 24.3 Å². The van der Waals surface area contributed by atoms with E-state index in [1.54, 1.807) is 43.3 Å². The van der Waals surface area contributed by atoms with E-state index in [-0.39, 0.29) is 29.7 Å². The Hall–Kier alpha value is -3.80. The summed E-state index contributed by atoms with van der Waals surface area (Å²) in [6.07, 6.45) is 1.52. The van der Waals surface area contributed by atoms with Crippen molar-refractivity contribution in [3.63, 3.8) is 0 Å². The molecule has 0 unspecified atom stereocenters. The van der Waals surface area contributed by atoms with Crippen LogP contribution in [0.25, 0.3) is 6.08 Å². The second-order valence-corrected chi connectivity index (χ2v) is 8.62. The number of hydrogen-bond acceptors (Lipinski definition) is 7. The maximum Gasteiger partial charge on any atom is 0.363 e. The van der Waals surface area contributed by atoms with Crippen molar-refractivity contribution in [3.05, 3.63) is 102 Å². The maximum atomic E-state index is 13.9. The van der Waals surface area contributed by atoms with Gasteiger partial charge in [-0.05, 0) is 65.4 Å². The van der Waals surface area contributed by atoms with E-state index < -0.39 is 10.9 Å². The maximum absolute atomic E-state index is 13.9. The zero-order chi connectivity index (χ0) is 25.1. The van der Waals surface area contributed by atoms with Gasteiger partial charge in [0.1, 0.15) is 12.4 Å². The number of rotatable bonds is 7. The number of esters is 1. The molecule has 1 aliphatic rings. The van der Waals surface area contributed by atoms with Gasteiger partial charge in [-0.2, -0.15) is 0 Å². The Labute approximate surface area is 213 Å². The summed E-state index contributed by atoms with van der Waals surface area (Å²) in [7, 11) is 1.48. The molecule has 10 heteroatoms. The van der Waals surface area contributed by atoms with Crippen LogP contribution in [0.5, 0.6) is 11.5 Å². The molecule has 4 rings (SSSR count). The Morgan fingerprint density at radius 2 is 1.97 bits per heavy atom. The Kier molecular flexibility index (Phi) is 7.10.